The third-order valence-corrected chi connectivity index (χ3v) is 6.70. The molecule has 2 aromatic carbocycles. The molecule has 7 heteroatoms. The monoisotopic (exact) mass is 471 g/mol. The molecule has 6 nitrogen and oxygen atoms in total. The molecule has 0 bridgehead atoms. The van der Waals surface area contributed by atoms with Crippen molar-refractivity contribution in [3.05, 3.63) is 77.1 Å². The van der Waals surface area contributed by atoms with Crippen LogP contribution in [0.2, 0.25) is 0 Å². The van der Waals surface area contributed by atoms with Crippen LogP contribution in [0, 0.1) is 0 Å². The summed E-state index contributed by atoms with van der Waals surface area (Å²) in [5, 5.41) is 11.1. The molecule has 1 aliphatic heterocycles. The normalized spacial score (nSPS) is 19.8. The van der Waals surface area contributed by atoms with Crippen molar-refractivity contribution in [2.75, 3.05) is 11.0 Å². The Morgan fingerprint density at radius 3 is 2.42 bits per heavy atom. The number of cyclic esters (lactones) is 1. The van der Waals surface area contributed by atoms with Crippen LogP contribution in [-0.4, -0.2) is 31.4 Å². The number of aliphatic hydroxyl groups is 1. The first-order valence-electron chi connectivity index (χ1n) is 11.4. The van der Waals surface area contributed by atoms with Crippen LogP contribution in [0.1, 0.15) is 63.0 Å². The van der Waals surface area contributed by atoms with Gasteiger partial charge in [-0.05, 0) is 48.9 Å². The molecule has 0 aliphatic carbocycles. The lowest BCUT2D eigenvalue weighted by atomic mass is 9.80. The van der Waals surface area contributed by atoms with Gasteiger partial charge in [-0.3, -0.25) is 4.72 Å². The van der Waals surface area contributed by atoms with E-state index in [4.69, 9.17) is 4.74 Å². The number of ether oxygens (including phenoxy) is 1. The molecular weight excluding hydrogens is 438 g/mol. The second-order valence-corrected chi connectivity index (χ2v) is 10.6. The maximum Gasteiger partial charge on any atom is 0.338 e. The molecule has 178 valence electrons. The van der Waals surface area contributed by atoms with E-state index in [-0.39, 0.29) is 17.8 Å². The summed E-state index contributed by atoms with van der Waals surface area (Å²) in [6.45, 7) is 3.97. The largest absolute Gasteiger partial charge is 0.512 e. The van der Waals surface area contributed by atoms with Gasteiger partial charge in [0, 0.05) is 18.0 Å². The van der Waals surface area contributed by atoms with Crippen molar-refractivity contribution >= 4 is 21.7 Å². The van der Waals surface area contributed by atoms with E-state index in [1.165, 1.54) is 5.56 Å². The Kier molecular flexibility index (Phi) is 7.84. The van der Waals surface area contributed by atoms with Crippen LogP contribution in [0.3, 0.4) is 0 Å². The van der Waals surface area contributed by atoms with Crippen LogP contribution >= 0.6 is 0 Å². The second-order valence-electron chi connectivity index (χ2n) is 8.81. The highest BCUT2D eigenvalue weighted by Crippen LogP contribution is 2.42. The first-order chi connectivity index (χ1) is 15.7. The lowest BCUT2D eigenvalue weighted by molar-refractivity contribution is -0.161. The second kappa shape index (κ2) is 10.4. The van der Waals surface area contributed by atoms with E-state index < -0.39 is 27.5 Å². The van der Waals surface area contributed by atoms with E-state index in [1.54, 1.807) is 18.2 Å². The zero-order chi connectivity index (χ0) is 24.1. The van der Waals surface area contributed by atoms with Gasteiger partial charge in [0.2, 0.25) is 10.0 Å². The van der Waals surface area contributed by atoms with Crippen molar-refractivity contribution in [1.29, 1.82) is 0 Å². The quantitative estimate of drug-likeness (QED) is 0.448. The molecule has 3 rings (SSSR count). The van der Waals surface area contributed by atoms with Gasteiger partial charge in [-0.1, -0.05) is 62.7 Å². The van der Waals surface area contributed by atoms with Crippen LogP contribution in [0.25, 0.3) is 0 Å². The van der Waals surface area contributed by atoms with E-state index in [9.17, 15) is 18.3 Å². The highest BCUT2D eigenvalue weighted by atomic mass is 32.2. The van der Waals surface area contributed by atoms with Gasteiger partial charge in [0.05, 0.1) is 11.8 Å². The lowest BCUT2D eigenvalue weighted by Crippen LogP contribution is -2.41. The Bertz CT molecular complexity index is 1110. The van der Waals surface area contributed by atoms with Crippen molar-refractivity contribution in [3.8, 4) is 0 Å². The van der Waals surface area contributed by atoms with E-state index in [2.05, 4.69) is 16.9 Å². The molecule has 0 saturated carbocycles. The fourth-order valence-corrected chi connectivity index (χ4v) is 5.22. The van der Waals surface area contributed by atoms with Gasteiger partial charge in [-0.25, -0.2) is 13.2 Å². The SMILES string of the molecule is CCC[C@@]1(CCc2ccccc2)CC(O)=C(C(CC)c2cccc(NS(C)(=O)=O)c2)C(=O)O1. The summed E-state index contributed by atoms with van der Waals surface area (Å²) in [4.78, 5) is 13.2. The highest BCUT2D eigenvalue weighted by Gasteiger charge is 2.43. The van der Waals surface area contributed by atoms with Gasteiger partial charge >= 0.3 is 5.97 Å². The van der Waals surface area contributed by atoms with E-state index in [1.807, 2.05) is 38.1 Å². The molecule has 0 radical (unpaired) electrons. The number of esters is 1. The molecule has 2 N–H and O–H groups in total. The average molecular weight is 472 g/mol. The molecular formula is C26H33NO5S. The molecule has 2 atom stereocenters. The molecule has 0 fully saturated rings. The van der Waals surface area contributed by atoms with E-state index in [0.29, 0.717) is 24.9 Å². The topological polar surface area (TPSA) is 92.7 Å². The number of benzene rings is 2. The van der Waals surface area contributed by atoms with Gasteiger partial charge in [0.25, 0.3) is 0 Å². The van der Waals surface area contributed by atoms with Gasteiger partial charge in [-0.2, -0.15) is 0 Å². The maximum atomic E-state index is 13.2. The van der Waals surface area contributed by atoms with Gasteiger partial charge in [0.15, 0.2) is 0 Å². The number of carbonyl (C=O) groups excluding carboxylic acids is 1. The minimum Gasteiger partial charge on any atom is -0.512 e. The molecule has 1 heterocycles. The Morgan fingerprint density at radius 2 is 1.82 bits per heavy atom. The Labute approximate surface area is 196 Å². The highest BCUT2D eigenvalue weighted by molar-refractivity contribution is 7.92. The molecule has 0 aromatic heterocycles. The van der Waals surface area contributed by atoms with Crippen molar-refractivity contribution in [1.82, 2.24) is 0 Å². The van der Waals surface area contributed by atoms with Crippen LogP contribution in [-0.2, 0) is 26.0 Å². The standard InChI is InChI=1S/C26H33NO5S/c1-4-15-26(16-14-19-10-7-6-8-11-19)18-23(28)24(25(29)32-26)22(5-2)20-12-9-13-21(17-20)27-33(3,30)31/h6-13,17,22,27-28H,4-5,14-16,18H2,1-3H3/t22?,26-/m1/s1. The maximum absolute atomic E-state index is 13.2. The molecule has 1 unspecified atom stereocenters. The zero-order valence-electron chi connectivity index (χ0n) is 19.5. The third kappa shape index (κ3) is 6.38. The fraction of sp³-hybridized carbons (Fsp3) is 0.423. The molecule has 2 aromatic rings. The first-order valence-corrected chi connectivity index (χ1v) is 13.3. The van der Waals surface area contributed by atoms with Gasteiger partial charge in [-0.15, -0.1) is 0 Å². The van der Waals surface area contributed by atoms with Crippen LogP contribution in [0.4, 0.5) is 5.69 Å². The number of rotatable bonds is 10. The number of aryl methyl sites for hydroxylation is 1. The minimum absolute atomic E-state index is 0.0705. The number of hydrogen-bond donors (Lipinski definition) is 2. The van der Waals surface area contributed by atoms with Crippen molar-refractivity contribution in [2.24, 2.45) is 0 Å². The number of aliphatic hydroxyl groups excluding tert-OH is 1. The number of nitrogens with one attached hydrogen (secondary N) is 1. The third-order valence-electron chi connectivity index (χ3n) is 6.10. The fourth-order valence-electron chi connectivity index (χ4n) is 4.67. The van der Waals surface area contributed by atoms with Gasteiger partial charge in [0.1, 0.15) is 11.4 Å². The Balaban J connectivity index is 1.89. The Morgan fingerprint density at radius 1 is 1.09 bits per heavy atom. The molecule has 33 heavy (non-hydrogen) atoms. The summed E-state index contributed by atoms with van der Waals surface area (Å²) in [7, 11) is -3.43. The van der Waals surface area contributed by atoms with Crippen LogP contribution in [0.5, 0.6) is 0 Å². The first kappa shape index (κ1) is 24.8. The van der Waals surface area contributed by atoms with E-state index >= 15 is 0 Å². The van der Waals surface area contributed by atoms with Crippen molar-refractivity contribution < 1.29 is 23.1 Å². The average Bonchev–Trinajstić information content (AvgIpc) is 2.75. The van der Waals surface area contributed by atoms with Gasteiger partial charge < -0.3 is 9.84 Å². The van der Waals surface area contributed by atoms with E-state index in [0.717, 1.165) is 24.7 Å². The number of sulfonamides is 1. The molecule has 0 saturated heterocycles. The minimum atomic E-state index is -3.43. The molecule has 0 amide bonds. The molecule has 0 spiro atoms. The summed E-state index contributed by atoms with van der Waals surface area (Å²) in [5.41, 5.74) is 1.87. The predicted molar refractivity (Wildman–Crippen MR) is 131 cm³/mol. The summed E-state index contributed by atoms with van der Waals surface area (Å²) < 4.78 is 31.8. The summed E-state index contributed by atoms with van der Waals surface area (Å²) in [6.07, 6.45) is 4.83. The number of hydrogen-bond acceptors (Lipinski definition) is 5. The smallest absolute Gasteiger partial charge is 0.338 e. The number of carbonyl (C=O) groups is 1. The zero-order valence-corrected chi connectivity index (χ0v) is 20.3. The van der Waals surface area contributed by atoms with Crippen molar-refractivity contribution in [2.45, 2.75) is 63.9 Å². The number of anilines is 1. The summed E-state index contributed by atoms with van der Waals surface area (Å²) in [6, 6.07) is 17.0. The van der Waals surface area contributed by atoms with Crippen LogP contribution in [0.15, 0.2) is 65.9 Å². The van der Waals surface area contributed by atoms with Crippen molar-refractivity contribution in [3.63, 3.8) is 0 Å². The predicted octanol–water partition coefficient (Wildman–Crippen LogP) is 5.48. The summed E-state index contributed by atoms with van der Waals surface area (Å²) >= 11 is 0. The van der Waals surface area contributed by atoms with Crippen LogP contribution < -0.4 is 4.72 Å². The summed E-state index contributed by atoms with van der Waals surface area (Å²) in [5.74, 6) is -0.817. The Hall–Kier alpha value is -2.80. The lowest BCUT2D eigenvalue weighted by Gasteiger charge is -2.38. The molecule has 1 aliphatic rings.